The highest BCUT2D eigenvalue weighted by molar-refractivity contribution is 5.97. The number of benzene rings is 9. The lowest BCUT2D eigenvalue weighted by molar-refractivity contribution is 0.590. The highest BCUT2D eigenvalue weighted by atomic mass is 15.1. The molecule has 0 N–H and O–H groups in total. The van der Waals surface area contributed by atoms with Gasteiger partial charge in [-0.1, -0.05) is 203 Å². The summed E-state index contributed by atoms with van der Waals surface area (Å²) in [6.45, 7) is 6.87. The summed E-state index contributed by atoms with van der Waals surface area (Å²) in [6.07, 6.45) is 0. The van der Waals surface area contributed by atoms with Crippen LogP contribution in [0.5, 0.6) is 0 Å². The first-order valence-electron chi connectivity index (χ1n) is 21.6. The predicted octanol–water partition coefficient (Wildman–Crippen LogP) is 15.2. The zero-order valence-corrected chi connectivity index (χ0v) is 34.7. The largest absolute Gasteiger partial charge is 0.310 e. The van der Waals surface area contributed by atoms with Gasteiger partial charge in [0.25, 0.3) is 0 Å². The molecule has 0 heterocycles. The Morgan fingerprint density at radius 1 is 0.295 bits per heavy atom. The fourth-order valence-electron chi connectivity index (χ4n) is 11.4. The Hall–Kier alpha value is -7.22. The molecule has 0 radical (unpaired) electrons. The van der Waals surface area contributed by atoms with Crippen LogP contribution in [0, 0.1) is 0 Å². The van der Waals surface area contributed by atoms with Crippen molar-refractivity contribution in [2.45, 2.75) is 37.0 Å². The van der Waals surface area contributed by atoms with Gasteiger partial charge in [0, 0.05) is 17.1 Å². The van der Waals surface area contributed by atoms with Gasteiger partial charge in [-0.15, -0.1) is 0 Å². The van der Waals surface area contributed by atoms with Gasteiger partial charge in [0.1, 0.15) is 0 Å². The number of anilines is 3. The van der Waals surface area contributed by atoms with Crippen LogP contribution < -0.4 is 4.90 Å². The molecule has 0 aliphatic heterocycles. The molecule has 12 rings (SSSR count). The molecule has 3 aliphatic carbocycles. The normalized spacial score (nSPS) is 14.4. The maximum Gasteiger partial charge on any atom is 0.0726 e. The van der Waals surface area contributed by atoms with Gasteiger partial charge < -0.3 is 4.90 Å². The minimum absolute atomic E-state index is 0.0304. The fourth-order valence-corrected chi connectivity index (χ4v) is 11.4. The smallest absolute Gasteiger partial charge is 0.0726 e. The van der Waals surface area contributed by atoms with Crippen molar-refractivity contribution in [1.29, 1.82) is 0 Å². The van der Waals surface area contributed by atoms with Gasteiger partial charge in [-0.2, -0.15) is 0 Å². The molecule has 3 aliphatic rings. The zero-order chi connectivity index (χ0) is 40.9. The van der Waals surface area contributed by atoms with Crippen LogP contribution in [0.2, 0.25) is 0 Å². The molecule has 9 aromatic rings. The molecule has 0 aromatic heterocycles. The molecule has 0 atom stereocenters. The maximum absolute atomic E-state index is 2.51. The summed E-state index contributed by atoms with van der Waals surface area (Å²) in [7, 11) is 0. The topological polar surface area (TPSA) is 3.24 Å². The fraction of sp³-hybridized carbons (Fsp3) is 0.100. The molecule has 0 amide bonds. The monoisotopic (exact) mass is 779 g/mol. The minimum atomic E-state index is -0.507. The molecule has 1 nitrogen and oxygen atoms in total. The zero-order valence-electron chi connectivity index (χ0n) is 34.7. The molecule has 0 bridgehead atoms. The molecule has 0 saturated heterocycles. The third-order valence-corrected chi connectivity index (χ3v) is 13.9. The summed E-state index contributed by atoms with van der Waals surface area (Å²) >= 11 is 0. The van der Waals surface area contributed by atoms with Crippen molar-refractivity contribution in [3.8, 4) is 33.4 Å². The van der Waals surface area contributed by atoms with Crippen LogP contribution in [0.1, 0.15) is 70.8 Å². The van der Waals surface area contributed by atoms with Gasteiger partial charge in [0.05, 0.1) is 10.8 Å². The van der Waals surface area contributed by atoms with E-state index in [0.717, 1.165) is 17.1 Å². The lowest BCUT2D eigenvalue weighted by Gasteiger charge is -2.35. The summed E-state index contributed by atoms with van der Waals surface area (Å²) in [4.78, 5) is 2.50. The second-order valence-corrected chi connectivity index (χ2v) is 18.0. The Morgan fingerprint density at radius 3 is 1.03 bits per heavy atom. The van der Waals surface area contributed by atoms with E-state index in [-0.39, 0.29) is 5.41 Å². The first-order chi connectivity index (χ1) is 29.9. The van der Waals surface area contributed by atoms with Crippen LogP contribution in [0.4, 0.5) is 17.1 Å². The molecular weight excluding hydrogens is 735 g/mol. The van der Waals surface area contributed by atoms with E-state index in [0.29, 0.717) is 0 Å². The van der Waals surface area contributed by atoms with Gasteiger partial charge in [-0.05, 0) is 125 Å². The van der Waals surface area contributed by atoms with Gasteiger partial charge in [-0.25, -0.2) is 0 Å². The molecule has 61 heavy (non-hydrogen) atoms. The predicted molar refractivity (Wildman–Crippen MR) is 253 cm³/mol. The van der Waals surface area contributed by atoms with Crippen molar-refractivity contribution in [3.05, 3.63) is 268 Å². The van der Waals surface area contributed by atoms with E-state index in [1.807, 2.05) is 0 Å². The van der Waals surface area contributed by atoms with Crippen LogP contribution in [0.3, 0.4) is 0 Å². The van der Waals surface area contributed by atoms with Crippen LogP contribution in [0.15, 0.2) is 218 Å². The van der Waals surface area contributed by atoms with E-state index in [9.17, 15) is 0 Å². The van der Waals surface area contributed by atoms with Crippen molar-refractivity contribution >= 4 is 17.1 Å². The van der Waals surface area contributed by atoms with E-state index < -0.39 is 10.8 Å². The number of fused-ring (bicyclic) bond motifs is 13. The molecule has 1 spiro atoms. The van der Waals surface area contributed by atoms with Crippen molar-refractivity contribution in [1.82, 2.24) is 0 Å². The van der Waals surface area contributed by atoms with Crippen molar-refractivity contribution < 1.29 is 0 Å². The molecular formula is C60H45N. The quantitative estimate of drug-likeness (QED) is 0.168. The van der Waals surface area contributed by atoms with E-state index in [1.165, 1.54) is 83.5 Å². The number of hydrogen-bond donors (Lipinski definition) is 0. The Bertz CT molecular complexity index is 2960. The molecule has 290 valence electrons. The summed E-state index contributed by atoms with van der Waals surface area (Å²) < 4.78 is 0. The van der Waals surface area contributed by atoms with Gasteiger partial charge in [0.15, 0.2) is 0 Å². The second-order valence-electron chi connectivity index (χ2n) is 18.0. The number of hydrogen-bond acceptors (Lipinski definition) is 1. The number of nitrogens with zero attached hydrogens (tertiary/aromatic N) is 1. The number of rotatable bonds is 5. The average Bonchev–Trinajstić information content (AvgIpc) is 3.89. The standard InChI is InChI=1S/C60H45N/c1-58(2,3)40-30-32-43(33-31-40)61(44-34-36-50-48-24-10-14-26-52(48)59(56(50)38-44,41-18-6-4-7-19-41)42-20-8-5-9-21-42)45-35-37-51-49-25-13-17-29-55(49)60(57(51)39-45)53-27-15-11-22-46(53)47-23-12-16-28-54(47)60/h4-39H,1-3H3. The van der Waals surface area contributed by atoms with Crippen molar-refractivity contribution in [2.75, 3.05) is 4.90 Å². The average molecular weight is 780 g/mol. The highest BCUT2D eigenvalue weighted by Gasteiger charge is 2.52. The Morgan fingerprint density at radius 2 is 0.623 bits per heavy atom. The molecule has 9 aromatic carbocycles. The third-order valence-electron chi connectivity index (χ3n) is 13.9. The second kappa shape index (κ2) is 13.1. The van der Waals surface area contributed by atoms with E-state index in [2.05, 4.69) is 244 Å². The van der Waals surface area contributed by atoms with Gasteiger partial charge in [0.2, 0.25) is 0 Å². The van der Waals surface area contributed by atoms with Gasteiger partial charge >= 0.3 is 0 Å². The first-order valence-corrected chi connectivity index (χ1v) is 21.6. The highest BCUT2D eigenvalue weighted by Crippen LogP contribution is 2.64. The Balaban J connectivity index is 1.13. The molecule has 1 heteroatoms. The molecule has 0 unspecified atom stereocenters. The van der Waals surface area contributed by atoms with E-state index >= 15 is 0 Å². The van der Waals surface area contributed by atoms with Crippen molar-refractivity contribution in [2.24, 2.45) is 0 Å². The van der Waals surface area contributed by atoms with Crippen molar-refractivity contribution in [3.63, 3.8) is 0 Å². The lowest BCUT2D eigenvalue weighted by atomic mass is 9.67. The summed E-state index contributed by atoms with van der Waals surface area (Å²) in [5.41, 5.74) is 22.1. The Kier molecular flexibility index (Phi) is 7.69. The summed E-state index contributed by atoms with van der Waals surface area (Å²) in [5.74, 6) is 0. The SMILES string of the molecule is CC(C)(C)c1ccc(N(c2ccc3c(c2)C(c2ccccc2)(c2ccccc2)c2ccccc2-3)c2ccc3c(c2)C2(c4ccccc4-c4ccccc42)c2ccccc2-3)cc1. The van der Waals surface area contributed by atoms with Crippen LogP contribution >= 0.6 is 0 Å². The minimum Gasteiger partial charge on any atom is -0.310 e. The lowest BCUT2D eigenvalue weighted by Crippen LogP contribution is -2.28. The van der Waals surface area contributed by atoms with Crippen LogP contribution in [-0.4, -0.2) is 0 Å². The van der Waals surface area contributed by atoms with E-state index in [1.54, 1.807) is 0 Å². The van der Waals surface area contributed by atoms with E-state index in [4.69, 9.17) is 0 Å². The first kappa shape index (κ1) is 35.7. The Labute approximate surface area is 359 Å². The third kappa shape index (κ3) is 4.89. The molecule has 0 saturated carbocycles. The molecule has 0 fully saturated rings. The summed E-state index contributed by atoms with van der Waals surface area (Å²) in [5, 5.41) is 0. The maximum atomic E-state index is 2.51. The van der Waals surface area contributed by atoms with Crippen LogP contribution in [0.25, 0.3) is 33.4 Å². The van der Waals surface area contributed by atoms with Crippen LogP contribution in [-0.2, 0) is 16.2 Å². The summed E-state index contributed by atoms with van der Waals surface area (Å²) in [6, 6.07) is 82.3. The van der Waals surface area contributed by atoms with Gasteiger partial charge in [-0.3, -0.25) is 0 Å².